The van der Waals surface area contributed by atoms with E-state index in [-0.39, 0.29) is 47.1 Å². The zero-order chi connectivity index (χ0) is 17.6. The predicted octanol–water partition coefficient (Wildman–Crippen LogP) is 3.83. The Morgan fingerprint density at radius 3 is 2.28 bits per heavy atom. The van der Waals surface area contributed by atoms with Crippen molar-refractivity contribution in [1.29, 1.82) is 0 Å². The van der Waals surface area contributed by atoms with Crippen LogP contribution in [-0.2, 0) is 16.3 Å². The van der Waals surface area contributed by atoms with E-state index in [0.717, 1.165) is 16.6 Å². The van der Waals surface area contributed by atoms with Crippen LogP contribution < -0.4 is 11.1 Å². The Hall–Kier alpha value is -1.13. The summed E-state index contributed by atoms with van der Waals surface area (Å²) < 4.78 is 25.3. The van der Waals surface area contributed by atoms with E-state index in [1.54, 1.807) is 24.3 Å². The Morgan fingerprint density at radius 1 is 1.12 bits per heavy atom. The van der Waals surface area contributed by atoms with Gasteiger partial charge < -0.3 is 11.1 Å². The summed E-state index contributed by atoms with van der Waals surface area (Å²) in [4.78, 5) is 4.37. The van der Waals surface area contributed by atoms with Gasteiger partial charge in [-0.2, -0.15) is 0 Å². The van der Waals surface area contributed by atoms with Gasteiger partial charge in [0.05, 0.1) is 17.2 Å². The van der Waals surface area contributed by atoms with Crippen LogP contribution >= 0.6 is 39.9 Å². The van der Waals surface area contributed by atoms with Gasteiger partial charge in [-0.1, -0.05) is 35.0 Å². The summed E-state index contributed by atoms with van der Waals surface area (Å²) in [5, 5.41) is 2.95. The van der Waals surface area contributed by atoms with Crippen LogP contribution in [0, 0.1) is 0 Å². The number of aryl methyl sites for hydroxylation is 1. The second-order valence-electron chi connectivity index (χ2n) is 5.22. The molecule has 0 saturated heterocycles. The quantitative estimate of drug-likeness (QED) is 0.333. The van der Waals surface area contributed by atoms with E-state index in [1.807, 2.05) is 24.3 Å². The number of nitrogens with one attached hydrogen (secondary N) is 1. The number of hydrogen-bond acceptors (Lipinski definition) is 3. The lowest BCUT2D eigenvalue weighted by Gasteiger charge is -2.07. The number of rotatable bonds is 6. The highest BCUT2D eigenvalue weighted by Gasteiger charge is 2.13. The van der Waals surface area contributed by atoms with Crippen molar-refractivity contribution in [2.75, 3.05) is 17.6 Å². The van der Waals surface area contributed by atoms with Gasteiger partial charge in [0.2, 0.25) is 0 Å². The number of nitrogens with zero attached hydrogens (tertiary/aromatic N) is 1. The Bertz CT molecular complexity index is 807. The molecule has 0 spiro atoms. The van der Waals surface area contributed by atoms with Crippen molar-refractivity contribution in [2.24, 2.45) is 10.7 Å². The minimum absolute atomic E-state index is 0. The molecule has 5 nitrogen and oxygen atoms in total. The molecular weight excluding hydrogens is 517 g/mol. The molecule has 0 bridgehead atoms. The van der Waals surface area contributed by atoms with E-state index in [1.165, 1.54) is 5.56 Å². The molecule has 0 aromatic heterocycles. The first kappa shape index (κ1) is 21.9. The number of hydrogen-bond donors (Lipinski definition) is 2. The normalized spacial score (nSPS) is 11.7. The standard InChI is InChI=1S/C17H20BrN3O2S.HI/c1-2-13-3-7-15(8-4-13)21-17(19)20-11-12-24(22,23)16-9-5-14(18)6-10-16;/h3-10H,2,11-12H2,1H3,(H3,19,20,21);1H. The van der Waals surface area contributed by atoms with E-state index in [9.17, 15) is 8.42 Å². The average molecular weight is 538 g/mol. The zero-order valence-electron chi connectivity index (χ0n) is 13.8. The summed E-state index contributed by atoms with van der Waals surface area (Å²) >= 11 is 3.28. The molecule has 8 heteroatoms. The van der Waals surface area contributed by atoms with Crippen molar-refractivity contribution >= 4 is 61.4 Å². The molecule has 3 N–H and O–H groups in total. The monoisotopic (exact) mass is 537 g/mol. The number of halogens is 2. The molecule has 0 aliphatic carbocycles. The van der Waals surface area contributed by atoms with Crippen LogP contribution in [0.15, 0.2) is 62.9 Å². The molecule has 0 fully saturated rings. The Labute approximate surface area is 174 Å². The summed E-state index contributed by atoms with van der Waals surface area (Å²) in [6.45, 7) is 2.19. The minimum atomic E-state index is -3.37. The highest BCUT2D eigenvalue weighted by atomic mass is 127. The molecule has 136 valence electrons. The molecule has 2 rings (SSSR count). The van der Waals surface area contributed by atoms with Gasteiger partial charge in [0.1, 0.15) is 0 Å². The first-order chi connectivity index (χ1) is 11.4. The average Bonchev–Trinajstić information content (AvgIpc) is 2.56. The van der Waals surface area contributed by atoms with Gasteiger partial charge in [0, 0.05) is 10.2 Å². The molecule has 0 aliphatic rings. The van der Waals surface area contributed by atoms with Gasteiger partial charge in [-0.25, -0.2) is 8.42 Å². The van der Waals surface area contributed by atoms with Gasteiger partial charge in [0.15, 0.2) is 15.8 Å². The van der Waals surface area contributed by atoms with Crippen molar-refractivity contribution in [3.05, 3.63) is 58.6 Å². The maximum atomic E-state index is 12.2. The van der Waals surface area contributed by atoms with E-state index in [2.05, 4.69) is 33.2 Å². The Balaban J connectivity index is 0.00000312. The molecule has 0 saturated carbocycles. The lowest BCUT2D eigenvalue weighted by atomic mass is 10.1. The van der Waals surface area contributed by atoms with Crippen LogP contribution in [0.2, 0.25) is 0 Å². The van der Waals surface area contributed by atoms with E-state index in [0.29, 0.717) is 0 Å². The highest BCUT2D eigenvalue weighted by Crippen LogP contribution is 2.16. The molecular formula is C17H21BrIN3O2S. The van der Waals surface area contributed by atoms with Gasteiger partial charge in [-0.05, 0) is 48.4 Å². The number of anilines is 1. The molecule has 0 heterocycles. The number of guanidine groups is 1. The zero-order valence-corrected chi connectivity index (χ0v) is 18.5. The molecule has 0 unspecified atom stereocenters. The van der Waals surface area contributed by atoms with Crippen molar-refractivity contribution in [3.63, 3.8) is 0 Å². The third kappa shape index (κ3) is 6.95. The van der Waals surface area contributed by atoms with E-state index < -0.39 is 9.84 Å². The fourth-order valence-corrected chi connectivity index (χ4v) is 3.44. The second-order valence-corrected chi connectivity index (χ2v) is 8.24. The summed E-state index contributed by atoms with van der Waals surface area (Å²) in [7, 11) is -3.37. The fraction of sp³-hybridized carbons (Fsp3) is 0.235. The lowest BCUT2D eigenvalue weighted by Crippen LogP contribution is -2.24. The maximum absolute atomic E-state index is 12.2. The third-order valence-corrected chi connectivity index (χ3v) is 5.69. The number of nitrogens with two attached hydrogens (primary N) is 1. The molecule has 25 heavy (non-hydrogen) atoms. The molecule has 0 atom stereocenters. The Kier molecular flexibility index (Phi) is 8.87. The first-order valence-corrected chi connectivity index (χ1v) is 9.99. The summed E-state index contributed by atoms with van der Waals surface area (Å²) in [5.74, 6) is 0.108. The van der Waals surface area contributed by atoms with Crippen molar-refractivity contribution in [2.45, 2.75) is 18.2 Å². The van der Waals surface area contributed by atoms with Crippen molar-refractivity contribution in [1.82, 2.24) is 0 Å². The van der Waals surface area contributed by atoms with Crippen LogP contribution in [0.4, 0.5) is 5.69 Å². The van der Waals surface area contributed by atoms with Crippen LogP contribution in [-0.4, -0.2) is 26.7 Å². The van der Waals surface area contributed by atoms with Gasteiger partial charge in [-0.15, -0.1) is 24.0 Å². The maximum Gasteiger partial charge on any atom is 0.193 e. The van der Waals surface area contributed by atoms with E-state index >= 15 is 0 Å². The van der Waals surface area contributed by atoms with Crippen LogP contribution in [0.5, 0.6) is 0 Å². The topological polar surface area (TPSA) is 84.5 Å². The number of aliphatic imine (C=N–C) groups is 1. The number of benzene rings is 2. The Morgan fingerprint density at radius 2 is 1.72 bits per heavy atom. The largest absolute Gasteiger partial charge is 0.370 e. The van der Waals surface area contributed by atoms with Crippen molar-refractivity contribution in [3.8, 4) is 0 Å². The van der Waals surface area contributed by atoms with Gasteiger partial charge in [0.25, 0.3) is 0 Å². The van der Waals surface area contributed by atoms with Crippen molar-refractivity contribution < 1.29 is 8.42 Å². The third-order valence-electron chi connectivity index (χ3n) is 3.45. The summed E-state index contributed by atoms with van der Waals surface area (Å²) in [6.07, 6.45) is 0.970. The van der Waals surface area contributed by atoms with Crippen LogP contribution in [0.1, 0.15) is 12.5 Å². The van der Waals surface area contributed by atoms with Crippen LogP contribution in [0.25, 0.3) is 0 Å². The first-order valence-electron chi connectivity index (χ1n) is 7.55. The summed E-state index contributed by atoms with van der Waals surface area (Å²) in [6, 6.07) is 14.4. The minimum Gasteiger partial charge on any atom is -0.370 e. The smallest absolute Gasteiger partial charge is 0.193 e. The molecule has 0 radical (unpaired) electrons. The van der Waals surface area contributed by atoms with Crippen LogP contribution in [0.3, 0.4) is 0 Å². The van der Waals surface area contributed by atoms with Gasteiger partial charge >= 0.3 is 0 Å². The molecule has 0 amide bonds. The molecule has 0 aliphatic heterocycles. The van der Waals surface area contributed by atoms with E-state index in [4.69, 9.17) is 5.73 Å². The number of sulfone groups is 1. The molecule has 2 aromatic rings. The van der Waals surface area contributed by atoms with Gasteiger partial charge in [-0.3, -0.25) is 4.99 Å². The molecule has 2 aromatic carbocycles. The lowest BCUT2D eigenvalue weighted by molar-refractivity contribution is 0.596. The predicted molar refractivity (Wildman–Crippen MR) is 118 cm³/mol. The summed E-state index contributed by atoms with van der Waals surface area (Å²) in [5.41, 5.74) is 7.86. The SMILES string of the molecule is CCc1ccc(NC(N)=NCCS(=O)(=O)c2ccc(Br)cc2)cc1.I. The highest BCUT2D eigenvalue weighted by molar-refractivity contribution is 14.0. The second kappa shape index (κ2) is 10.1. The fourth-order valence-electron chi connectivity index (χ4n) is 2.06.